The standard InChI is InChI=1S/C15H15NO3S/c1-9(2)16-14(17)13-7-6-12(20-13)10-4-3-5-11(8-10)15(18)19/h3-9H,1-2H3,(H,16,17)(H,18,19). The van der Waals surface area contributed by atoms with Gasteiger partial charge < -0.3 is 10.4 Å². The molecule has 4 nitrogen and oxygen atoms in total. The van der Waals surface area contributed by atoms with Crippen LogP contribution in [0.4, 0.5) is 0 Å². The number of hydrogen-bond acceptors (Lipinski definition) is 3. The van der Waals surface area contributed by atoms with E-state index in [0.29, 0.717) is 4.88 Å². The van der Waals surface area contributed by atoms with Gasteiger partial charge in [0.25, 0.3) is 5.91 Å². The Balaban J connectivity index is 2.26. The molecular weight excluding hydrogens is 274 g/mol. The highest BCUT2D eigenvalue weighted by atomic mass is 32.1. The Kier molecular flexibility index (Phi) is 4.20. The number of benzene rings is 1. The highest BCUT2D eigenvalue weighted by Crippen LogP contribution is 2.28. The van der Waals surface area contributed by atoms with Crippen molar-refractivity contribution in [1.82, 2.24) is 5.32 Å². The smallest absolute Gasteiger partial charge is 0.335 e. The molecule has 0 aliphatic rings. The quantitative estimate of drug-likeness (QED) is 0.908. The molecule has 20 heavy (non-hydrogen) atoms. The minimum absolute atomic E-state index is 0.0865. The Labute approximate surface area is 121 Å². The monoisotopic (exact) mass is 289 g/mol. The molecule has 0 unspecified atom stereocenters. The van der Waals surface area contributed by atoms with Gasteiger partial charge in [0.2, 0.25) is 0 Å². The fourth-order valence-electron chi connectivity index (χ4n) is 1.75. The first-order valence-electron chi connectivity index (χ1n) is 6.22. The Hall–Kier alpha value is -2.14. The van der Waals surface area contributed by atoms with E-state index in [1.807, 2.05) is 26.0 Å². The van der Waals surface area contributed by atoms with Crippen molar-refractivity contribution in [3.05, 3.63) is 46.8 Å². The summed E-state index contributed by atoms with van der Waals surface area (Å²) in [6, 6.07) is 10.4. The molecule has 1 aromatic carbocycles. The van der Waals surface area contributed by atoms with E-state index < -0.39 is 5.97 Å². The first kappa shape index (κ1) is 14.3. The predicted octanol–water partition coefficient (Wildman–Crippen LogP) is 3.25. The first-order valence-corrected chi connectivity index (χ1v) is 7.03. The number of amides is 1. The molecule has 104 valence electrons. The molecule has 0 aliphatic carbocycles. The van der Waals surface area contributed by atoms with Gasteiger partial charge in [-0.05, 0) is 43.7 Å². The summed E-state index contributed by atoms with van der Waals surface area (Å²) in [6.45, 7) is 3.81. The summed E-state index contributed by atoms with van der Waals surface area (Å²) in [4.78, 5) is 24.3. The SMILES string of the molecule is CC(C)NC(=O)c1ccc(-c2cccc(C(=O)O)c2)s1. The maximum atomic E-state index is 11.9. The minimum atomic E-state index is -0.957. The molecule has 1 aromatic heterocycles. The van der Waals surface area contributed by atoms with E-state index in [-0.39, 0.29) is 17.5 Å². The average molecular weight is 289 g/mol. The van der Waals surface area contributed by atoms with Gasteiger partial charge in [-0.3, -0.25) is 4.79 Å². The molecule has 2 rings (SSSR count). The lowest BCUT2D eigenvalue weighted by atomic mass is 10.1. The molecule has 0 bridgehead atoms. The van der Waals surface area contributed by atoms with E-state index in [1.165, 1.54) is 11.3 Å². The van der Waals surface area contributed by atoms with E-state index in [9.17, 15) is 9.59 Å². The Morgan fingerprint density at radius 3 is 2.60 bits per heavy atom. The zero-order valence-electron chi connectivity index (χ0n) is 11.2. The summed E-state index contributed by atoms with van der Waals surface area (Å²) < 4.78 is 0. The lowest BCUT2D eigenvalue weighted by Crippen LogP contribution is -2.29. The zero-order chi connectivity index (χ0) is 14.7. The molecule has 0 atom stereocenters. The second-order valence-corrected chi connectivity index (χ2v) is 5.76. The number of carboxylic acids is 1. The van der Waals surface area contributed by atoms with Gasteiger partial charge in [-0.1, -0.05) is 12.1 Å². The predicted molar refractivity (Wildman–Crippen MR) is 79.3 cm³/mol. The van der Waals surface area contributed by atoms with Crippen LogP contribution < -0.4 is 5.32 Å². The van der Waals surface area contributed by atoms with E-state index >= 15 is 0 Å². The van der Waals surface area contributed by atoms with Crippen LogP contribution in [0.2, 0.25) is 0 Å². The van der Waals surface area contributed by atoms with Crippen molar-refractivity contribution in [1.29, 1.82) is 0 Å². The van der Waals surface area contributed by atoms with Crippen LogP contribution in [0, 0.1) is 0 Å². The molecule has 2 aromatic rings. The maximum absolute atomic E-state index is 11.9. The van der Waals surface area contributed by atoms with Gasteiger partial charge in [0.1, 0.15) is 0 Å². The molecule has 0 saturated carbocycles. The molecule has 1 heterocycles. The third-order valence-electron chi connectivity index (χ3n) is 2.64. The Morgan fingerprint density at radius 2 is 1.95 bits per heavy atom. The number of rotatable bonds is 4. The summed E-state index contributed by atoms with van der Waals surface area (Å²) >= 11 is 1.35. The topological polar surface area (TPSA) is 66.4 Å². The number of carboxylic acid groups (broad SMARTS) is 1. The fourth-order valence-corrected chi connectivity index (χ4v) is 2.66. The summed E-state index contributed by atoms with van der Waals surface area (Å²) in [5.41, 5.74) is 1.04. The van der Waals surface area contributed by atoms with Gasteiger partial charge in [-0.25, -0.2) is 4.79 Å². The number of nitrogens with one attached hydrogen (secondary N) is 1. The van der Waals surface area contributed by atoms with Crippen LogP contribution in [0.25, 0.3) is 10.4 Å². The van der Waals surface area contributed by atoms with Gasteiger partial charge in [0.05, 0.1) is 10.4 Å². The number of hydrogen-bond donors (Lipinski definition) is 2. The number of thiophene rings is 1. The van der Waals surface area contributed by atoms with Crippen molar-refractivity contribution in [2.24, 2.45) is 0 Å². The summed E-state index contributed by atoms with van der Waals surface area (Å²) in [7, 11) is 0. The molecule has 0 radical (unpaired) electrons. The van der Waals surface area contributed by atoms with E-state index in [0.717, 1.165) is 10.4 Å². The molecule has 0 aliphatic heterocycles. The lowest BCUT2D eigenvalue weighted by Gasteiger charge is -2.05. The zero-order valence-corrected chi connectivity index (χ0v) is 12.0. The van der Waals surface area contributed by atoms with Crippen LogP contribution >= 0.6 is 11.3 Å². The fraction of sp³-hybridized carbons (Fsp3) is 0.200. The third kappa shape index (κ3) is 3.24. The van der Waals surface area contributed by atoms with Crippen molar-refractivity contribution in [2.45, 2.75) is 19.9 Å². The Morgan fingerprint density at radius 1 is 1.20 bits per heavy atom. The average Bonchev–Trinajstić information content (AvgIpc) is 2.87. The molecular formula is C15H15NO3S. The summed E-state index contributed by atoms with van der Waals surface area (Å²) in [5, 5.41) is 11.8. The van der Waals surface area contributed by atoms with Gasteiger partial charge >= 0.3 is 5.97 Å². The third-order valence-corrected chi connectivity index (χ3v) is 3.78. The Bertz CT molecular complexity index is 646. The summed E-state index contributed by atoms with van der Waals surface area (Å²) in [6.07, 6.45) is 0. The van der Waals surface area contributed by atoms with E-state index in [2.05, 4.69) is 5.32 Å². The number of carbonyl (C=O) groups is 2. The molecule has 5 heteroatoms. The van der Waals surface area contributed by atoms with Crippen molar-refractivity contribution >= 4 is 23.2 Å². The van der Waals surface area contributed by atoms with E-state index in [1.54, 1.807) is 24.3 Å². The largest absolute Gasteiger partial charge is 0.478 e. The minimum Gasteiger partial charge on any atom is -0.478 e. The molecule has 1 amide bonds. The van der Waals surface area contributed by atoms with Gasteiger partial charge in [-0.2, -0.15) is 0 Å². The van der Waals surface area contributed by atoms with Crippen molar-refractivity contribution < 1.29 is 14.7 Å². The molecule has 0 spiro atoms. The van der Waals surface area contributed by atoms with Crippen LogP contribution in [0.15, 0.2) is 36.4 Å². The van der Waals surface area contributed by atoms with Crippen LogP contribution in [-0.4, -0.2) is 23.0 Å². The van der Waals surface area contributed by atoms with Crippen molar-refractivity contribution in [2.75, 3.05) is 0 Å². The van der Waals surface area contributed by atoms with Crippen LogP contribution in [0.3, 0.4) is 0 Å². The van der Waals surface area contributed by atoms with Crippen molar-refractivity contribution in [3.8, 4) is 10.4 Å². The number of aromatic carboxylic acids is 1. The highest BCUT2D eigenvalue weighted by Gasteiger charge is 2.12. The normalized spacial score (nSPS) is 10.6. The molecule has 2 N–H and O–H groups in total. The van der Waals surface area contributed by atoms with Crippen molar-refractivity contribution in [3.63, 3.8) is 0 Å². The lowest BCUT2D eigenvalue weighted by molar-refractivity contribution is 0.0696. The van der Waals surface area contributed by atoms with Gasteiger partial charge in [0, 0.05) is 10.9 Å². The summed E-state index contributed by atoms with van der Waals surface area (Å²) in [5.74, 6) is -1.06. The number of carbonyl (C=O) groups excluding carboxylic acids is 1. The first-order chi connectivity index (χ1) is 9.47. The van der Waals surface area contributed by atoms with E-state index in [4.69, 9.17) is 5.11 Å². The molecule has 0 fully saturated rings. The second-order valence-electron chi connectivity index (χ2n) is 4.68. The molecule has 0 saturated heterocycles. The van der Waals surface area contributed by atoms with Crippen LogP contribution in [-0.2, 0) is 0 Å². The van der Waals surface area contributed by atoms with Crippen LogP contribution in [0.1, 0.15) is 33.9 Å². The van der Waals surface area contributed by atoms with Crippen LogP contribution in [0.5, 0.6) is 0 Å². The van der Waals surface area contributed by atoms with Gasteiger partial charge in [0.15, 0.2) is 0 Å². The maximum Gasteiger partial charge on any atom is 0.335 e. The highest BCUT2D eigenvalue weighted by molar-refractivity contribution is 7.17. The second kappa shape index (κ2) is 5.88. The van der Waals surface area contributed by atoms with Gasteiger partial charge in [-0.15, -0.1) is 11.3 Å².